The van der Waals surface area contributed by atoms with E-state index < -0.39 is 5.97 Å². The zero-order chi connectivity index (χ0) is 13.6. The van der Waals surface area contributed by atoms with Crippen LogP contribution in [-0.4, -0.2) is 28.7 Å². The second-order valence-electron chi connectivity index (χ2n) is 5.45. The summed E-state index contributed by atoms with van der Waals surface area (Å²) in [5, 5.41) is 14.5. The van der Waals surface area contributed by atoms with Crippen LogP contribution in [0, 0.1) is 0 Å². The Balaban J connectivity index is 2.42. The normalized spacial score (nSPS) is 19.2. The lowest BCUT2D eigenvalue weighted by atomic mass is 10.0. The lowest BCUT2D eigenvalue weighted by Crippen LogP contribution is -2.51. The number of carboxylic acids is 1. The lowest BCUT2D eigenvalue weighted by molar-refractivity contribution is -0.137. The number of amides is 2. The number of hydrogen-bond acceptors (Lipinski definition) is 2. The van der Waals surface area contributed by atoms with E-state index in [-0.39, 0.29) is 24.0 Å². The fourth-order valence-corrected chi connectivity index (χ4v) is 2.56. The average molecular weight is 256 g/mol. The van der Waals surface area contributed by atoms with Crippen LogP contribution in [0.3, 0.4) is 0 Å². The van der Waals surface area contributed by atoms with Gasteiger partial charge in [0.15, 0.2) is 0 Å². The SMILES string of the molecule is CCCC(CC(=O)O)NC(=O)NC1(C)CCCC1. The minimum atomic E-state index is -0.874. The van der Waals surface area contributed by atoms with E-state index in [4.69, 9.17) is 5.11 Å². The molecule has 1 saturated carbocycles. The van der Waals surface area contributed by atoms with Gasteiger partial charge in [0.2, 0.25) is 0 Å². The third-order valence-electron chi connectivity index (χ3n) is 3.52. The van der Waals surface area contributed by atoms with E-state index in [1.165, 1.54) is 0 Å². The van der Waals surface area contributed by atoms with E-state index >= 15 is 0 Å². The van der Waals surface area contributed by atoms with Gasteiger partial charge in [0.05, 0.1) is 6.42 Å². The number of urea groups is 1. The van der Waals surface area contributed by atoms with E-state index in [1.54, 1.807) is 0 Å². The second-order valence-corrected chi connectivity index (χ2v) is 5.45. The van der Waals surface area contributed by atoms with E-state index in [9.17, 15) is 9.59 Å². The number of carboxylic acid groups (broad SMARTS) is 1. The summed E-state index contributed by atoms with van der Waals surface area (Å²) in [5.74, 6) is -0.874. The molecular weight excluding hydrogens is 232 g/mol. The topological polar surface area (TPSA) is 78.4 Å². The van der Waals surface area contributed by atoms with Crippen LogP contribution in [0.2, 0.25) is 0 Å². The van der Waals surface area contributed by atoms with Gasteiger partial charge in [-0.3, -0.25) is 4.79 Å². The van der Waals surface area contributed by atoms with E-state index in [0.717, 1.165) is 32.1 Å². The maximum atomic E-state index is 11.9. The number of carbonyl (C=O) groups excluding carboxylic acids is 1. The van der Waals surface area contributed by atoms with Crippen molar-refractivity contribution in [3.05, 3.63) is 0 Å². The number of aliphatic carboxylic acids is 1. The third-order valence-corrected chi connectivity index (χ3v) is 3.52. The summed E-state index contributed by atoms with van der Waals surface area (Å²) >= 11 is 0. The van der Waals surface area contributed by atoms with Crippen molar-refractivity contribution >= 4 is 12.0 Å². The zero-order valence-electron chi connectivity index (χ0n) is 11.3. The predicted octanol–water partition coefficient (Wildman–Crippen LogP) is 2.26. The smallest absolute Gasteiger partial charge is 0.315 e. The van der Waals surface area contributed by atoms with Crippen LogP contribution in [0.4, 0.5) is 4.79 Å². The second kappa shape index (κ2) is 6.61. The average Bonchev–Trinajstić information content (AvgIpc) is 2.63. The Morgan fingerprint density at radius 1 is 1.33 bits per heavy atom. The Hall–Kier alpha value is -1.26. The van der Waals surface area contributed by atoms with Crippen molar-refractivity contribution in [2.75, 3.05) is 0 Å². The van der Waals surface area contributed by atoms with E-state index in [1.807, 2.05) is 13.8 Å². The highest BCUT2D eigenvalue weighted by molar-refractivity contribution is 5.76. The monoisotopic (exact) mass is 256 g/mol. The summed E-state index contributed by atoms with van der Waals surface area (Å²) in [6.07, 6.45) is 5.81. The Kier molecular flexibility index (Phi) is 5.44. The number of rotatable bonds is 6. The Morgan fingerprint density at radius 3 is 2.44 bits per heavy atom. The van der Waals surface area contributed by atoms with Gasteiger partial charge in [-0.1, -0.05) is 26.2 Å². The summed E-state index contributed by atoms with van der Waals surface area (Å²) in [7, 11) is 0. The summed E-state index contributed by atoms with van der Waals surface area (Å²) in [5.41, 5.74) is -0.121. The molecule has 0 spiro atoms. The van der Waals surface area contributed by atoms with E-state index in [0.29, 0.717) is 6.42 Å². The predicted molar refractivity (Wildman–Crippen MR) is 69.5 cm³/mol. The number of hydrogen-bond donors (Lipinski definition) is 3. The van der Waals surface area contributed by atoms with Gasteiger partial charge < -0.3 is 15.7 Å². The highest BCUT2D eigenvalue weighted by Gasteiger charge is 2.30. The molecule has 2 amide bonds. The van der Waals surface area contributed by atoms with Gasteiger partial charge in [-0.05, 0) is 26.2 Å². The first-order chi connectivity index (χ1) is 8.45. The van der Waals surface area contributed by atoms with Crippen LogP contribution in [0.15, 0.2) is 0 Å². The van der Waals surface area contributed by atoms with Gasteiger partial charge in [-0.15, -0.1) is 0 Å². The molecule has 0 aromatic rings. The minimum absolute atomic E-state index is 0.0159. The minimum Gasteiger partial charge on any atom is -0.481 e. The number of nitrogens with one attached hydrogen (secondary N) is 2. The molecule has 1 unspecified atom stereocenters. The van der Waals surface area contributed by atoms with Crippen LogP contribution in [0.25, 0.3) is 0 Å². The Labute approximate surface area is 108 Å². The Morgan fingerprint density at radius 2 is 1.94 bits per heavy atom. The third kappa shape index (κ3) is 4.94. The van der Waals surface area contributed by atoms with Crippen molar-refractivity contribution in [2.45, 2.75) is 70.4 Å². The molecule has 0 aromatic heterocycles. The van der Waals surface area contributed by atoms with Gasteiger partial charge in [-0.25, -0.2) is 4.79 Å². The Bertz CT molecular complexity index is 299. The van der Waals surface area contributed by atoms with Gasteiger partial charge in [-0.2, -0.15) is 0 Å². The van der Waals surface area contributed by atoms with Gasteiger partial charge in [0.1, 0.15) is 0 Å². The molecule has 3 N–H and O–H groups in total. The molecule has 1 atom stereocenters. The summed E-state index contributed by atoms with van der Waals surface area (Å²) in [6, 6.07) is -0.517. The maximum absolute atomic E-state index is 11.9. The largest absolute Gasteiger partial charge is 0.481 e. The summed E-state index contributed by atoms with van der Waals surface area (Å²) < 4.78 is 0. The van der Waals surface area contributed by atoms with Crippen LogP contribution in [0.5, 0.6) is 0 Å². The van der Waals surface area contributed by atoms with Crippen molar-refractivity contribution < 1.29 is 14.7 Å². The highest BCUT2D eigenvalue weighted by Crippen LogP contribution is 2.28. The molecule has 18 heavy (non-hydrogen) atoms. The first-order valence-electron chi connectivity index (χ1n) is 6.75. The fraction of sp³-hybridized carbons (Fsp3) is 0.846. The van der Waals surface area contributed by atoms with Crippen molar-refractivity contribution in [2.24, 2.45) is 0 Å². The molecule has 5 heteroatoms. The molecule has 1 aliphatic carbocycles. The van der Waals surface area contributed by atoms with Crippen molar-refractivity contribution in [3.63, 3.8) is 0 Å². The van der Waals surface area contributed by atoms with Crippen LogP contribution in [-0.2, 0) is 4.79 Å². The quantitative estimate of drug-likeness (QED) is 0.682. The van der Waals surface area contributed by atoms with Crippen LogP contribution < -0.4 is 10.6 Å². The molecule has 1 fully saturated rings. The molecule has 1 aliphatic rings. The molecule has 5 nitrogen and oxygen atoms in total. The summed E-state index contributed by atoms with van der Waals surface area (Å²) in [4.78, 5) is 22.6. The standard InChI is InChI=1S/C13H24N2O3/c1-3-6-10(9-11(16)17)14-12(18)15-13(2)7-4-5-8-13/h10H,3-9H2,1-2H3,(H,16,17)(H2,14,15,18). The van der Waals surface area contributed by atoms with Crippen molar-refractivity contribution in [1.29, 1.82) is 0 Å². The zero-order valence-corrected chi connectivity index (χ0v) is 11.3. The molecule has 0 saturated heterocycles. The molecule has 104 valence electrons. The number of carbonyl (C=O) groups is 2. The first-order valence-corrected chi connectivity index (χ1v) is 6.75. The maximum Gasteiger partial charge on any atom is 0.315 e. The molecule has 0 aromatic carbocycles. The van der Waals surface area contributed by atoms with Crippen molar-refractivity contribution in [1.82, 2.24) is 10.6 Å². The summed E-state index contributed by atoms with van der Waals surface area (Å²) in [6.45, 7) is 4.03. The fourth-order valence-electron chi connectivity index (χ4n) is 2.56. The van der Waals surface area contributed by atoms with Gasteiger partial charge >= 0.3 is 12.0 Å². The molecule has 0 bridgehead atoms. The van der Waals surface area contributed by atoms with E-state index in [2.05, 4.69) is 10.6 Å². The highest BCUT2D eigenvalue weighted by atomic mass is 16.4. The molecule has 0 radical (unpaired) electrons. The van der Waals surface area contributed by atoms with Crippen LogP contribution in [0.1, 0.15) is 58.8 Å². The lowest BCUT2D eigenvalue weighted by Gasteiger charge is -2.27. The molecule has 0 heterocycles. The van der Waals surface area contributed by atoms with Crippen LogP contribution >= 0.6 is 0 Å². The van der Waals surface area contributed by atoms with Gasteiger partial charge in [0, 0.05) is 11.6 Å². The molecule has 1 rings (SSSR count). The molecule has 0 aliphatic heterocycles. The molecular formula is C13H24N2O3. The van der Waals surface area contributed by atoms with Crippen molar-refractivity contribution in [3.8, 4) is 0 Å². The first kappa shape index (κ1) is 14.8. The van der Waals surface area contributed by atoms with Gasteiger partial charge in [0.25, 0.3) is 0 Å².